The molecule has 0 aromatic carbocycles. The third-order valence-electron chi connectivity index (χ3n) is 3.73. The Labute approximate surface area is 114 Å². The summed E-state index contributed by atoms with van der Waals surface area (Å²) in [4.78, 5) is 0.254. The topological polar surface area (TPSA) is 66.6 Å². The number of thiocarbonyl (C=S) groups is 1. The highest BCUT2D eigenvalue weighted by molar-refractivity contribution is 7.87. The van der Waals surface area contributed by atoms with Crippen LogP contribution in [0, 0.1) is 0 Å². The van der Waals surface area contributed by atoms with Crippen LogP contribution in [0.5, 0.6) is 0 Å². The van der Waals surface area contributed by atoms with Crippen molar-refractivity contribution in [1.82, 2.24) is 8.61 Å². The van der Waals surface area contributed by atoms with E-state index < -0.39 is 10.2 Å². The molecule has 5 nitrogen and oxygen atoms in total. The van der Waals surface area contributed by atoms with Gasteiger partial charge in [0.25, 0.3) is 10.2 Å². The van der Waals surface area contributed by atoms with E-state index in [1.165, 1.54) is 4.31 Å². The maximum absolute atomic E-state index is 12.6. The summed E-state index contributed by atoms with van der Waals surface area (Å²) in [6.07, 6.45) is 5.93. The van der Waals surface area contributed by atoms with Gasteiger partial charge in [0, 0.05) is 19.1 Å². The van der Waals surface area contributed by atoms with Crippen LogP contribution < -0.4 is 5.73 Å². The predicted molar refractivity (Wildman–Crippen MR) is 75.5 cm³/mol. The minimum absolute atomic E-state index is 0.0806. The summed E-state index contributed by atoms with van der Waals surface area (Å²) in [7, 11) is -3.38. The third kappa shape index (κ3) is 3.01. The standard InChI is InChI=1S/C11H21N3O2S2/c12-11(17)9-14(10-5-1-2-6-10)18(15,16)13-7-3-4-8-13/h10H,1-9H2,(H2,12,17). The zero-order valence-corrected chi connectivity index (χ0v) is 12.2. The fourth-order valence-electron chi connectivity index (χ4n) is 2.81. The molecule has 2 aliphatic rings. The first-order chi connectivity index (χ1) is 8.51. The van der Waals surface area contributed by atoms with E-state index in [0.717, 1.165) is 38.5 Å². The minimum Gasteiger partial charge on any atom is -0.392 e. The van der Waals surface area contributed by atoms with Gasteiger partial charge in [-0.15, -0.1) is 0 Å². The lowest BCUT2D eigenvalue weighted by atomic mass is 10.2. The molecule has 0 bridgehead atoms. The molecule has 104 valence electrons. The highest BCUT2D eigenvalue weighted by Gasteiger charge is 2.37. The van der Waals surface area contributed by atoms with Gasteiger partial charge in [-0.1, -0.05) is 25.1 Å². The van der Waals surface area contributed by atoms with E-state index in [-0.39, 0.29) is 17.6 Å². The molecule has 18 heavy (non-hydrogen) atoms. The zero-order chi connectivity index (χ0) is 13.2. The largest absolute Gasteiger partial charge is 0.392 e. The van der Waals surface area contributed by atoms with Gasteiger partial charge in [0.05, 0.1) is 11.5 Å². The molecule has 2 rings (SSSR count). The first kappa shape index (κ1) is 14.2. The van der Waals surface area contributed by atoms with Gasteiger partial charge in [-0.3, -0.25) is 0 Å². The van der Waals surface area contributed by atoms with E-state index in [0.29, 0.717) is 13.1 Å². The highest BCUT2D eigenvalue weighted by Crippen LogP contribution is 2.28. The second-order valence-corrected chi connectivity index (χ2v) is 7.47. The van der Waals surface area contributed by atoms with Crippen LogP contribution in [0.15, 0.2) is 0 Å². The average molecular weight is 291 g/mol. The average Bonchev–Trinajstić information content (AvgIpc) is 2.98. The Morgan fingerprint density at radius 2 is 1.78 bits per heavy atom. The zero-order valence-electron chi connectivity index (χ0n) is 10.5. The van der Waals surface area contributed by atoms with E-state index in [1.807, 2.05) is 0 Å². The van der Waals surface area contributed by atoms with Gasteiger partial charge >= 0.3 is 0 Å². The van der Waals surface area contributed by atoms with Crippen molar-refractivity contribution in [3.63, 3.8) is 0 Å². The molecule has 7 heteroatoms. The number of hydrogen-bond donors (Lipinski definition) is 1. The SMILES string of the molecule is NC(=S)CN(C1CCCC1)S(=O)(=O)N1CCCC1. The Kier molecular flexibility index (Phi) is 4.58. The quantitative estimate of drug-likeness (QED) is 0.763. The summed E-state index contributed by atoms with van der Waals surface area (Å²) < 4.78 is 28.3. The lowest BCUT2D eigenvalue weighted by molar-refractivity contribution is 0.320. The van der Waals surface area contributed by atoms with Crippen molar-refractivity contribution < 1.29 is 8.42 Å². The van der Waals surface area contributed by atoms with Gasteiger partial charge in [0.2, 0.25) is 0 Å². The van der Waals surface area contributed by atoms with Crippen molar-refractivity contribution in [2.24, 2.45) is 5.73 Å². The molecule has 1 saturated heterocycles. The molecule has 1 saturated carbocycles. The summed E-state index contributed by atoms with van der Waals surface area (Å²) >= 11 is 4.90. The first-order valence-corrected chi connectivity index (χ1v) is 8.37. The summed E-state index contributed by atoms with van der Waals surface area (Å²) in [5.41, 5.74) is 5.56. The second-order valence-electron chi connectivity index (χ2n) is 5.06. The van der Waals surface area contributed by atoms with Gasteiger partial charge in [-0.25, -0.2) is 0 Å². The van der Waals surface area contributed by atoms with Crippen molar-refractivity contribution in [1.29, 1.82) is 0 Å². The molecule has 0 radical (unpaired) electrons. The molecule has 1 heterocycles. The predicted octanol–water partition coefficient (Wildman–Crippen LogP) is 0.858. The smallest absolute Gasteiger partial charge is 0.282 e. The van der Waals surface area contributed by atoms with E-state index in [9.17, 15) is 8.42 Å². The molecule has 0 aromatic rings. The van der Waals surface area contributed by atoms with Crippen LogP contribution in [0.1, 0.15) is 38.5 Å². The molecule has 2 fully saturated rings. The van der Waals surface area contributed by atoms with E-state index in [2.05, 4.69) is 0 Å². The Hall–Kier alpha value is -0.240. The number of nitrogens with two attached hydrogens (primary N) is 1. The number of rotatable bonds is 5. The Morgan fingerprint density at radius 1 is 1.22 bits per heavy atom. The van der Waals surface area contributed by atoms with Crippen molar-refractivity contribution in [2.75, 3.05) is 19.6 Å². The van der Waals surface area contributed by atoms with Crippen LogP contribution in [-0.2, 0) is 10.2 Å². The molecule has 2 N–H and O–H groups in total. The Balaban J connectivity index is 2.18. The number of nitrogens with zero attached hydrogens (tertiary/aromatic N) is 2. The molecular weight excluding hydrogens is 270 g/mol. The Bertz CT molecular complexity index is 399. The summed E-state index contributed by atoms with van der Waals surface area (Å²) in [5.74, 6) is 0. The van der Waals surface area contributed by atoms with Crippen LogP contribution in [0.3, 0.4) is 0 Å². The summed E-state index contributed by atoms with van der Waals surface area (Å²) in [6.45, 7) is 1.44. The molecule has 1 aliphatic carbocycles. The van der Waals surface area contributed by atoms with Crippen LogP contribution in [-0.4, -0.2) is 47.7 Å². The van der Waals surface area contributed by atoms with Gasteiger partial charge in [-0.2, -0.15) is 17.0 Å². The normalized spacial score (nSPS) is 22.9. The molecule has 0 unspecified atom stereocenters. The Morgan fingerprint density at radius 3 is 2.28 bits per heavy atom. The lowest BCUT2D eigenvalue weighted by Gasteiger charge is -2.31. The van der Waals surface area contributed by atoms with Crippen molar-refractivity contribution in [3.05, 3.63) is 0 Å². The molecule has 1 aliphatic heterocycles. The maximum Gasteiger partial charge on any atom is 0.282 e. The van der Waals surface area contributed by atoms with E-state index in [4.69, 9.17) is 18.0 Å². The second kappa shape index (κ2) is 5.81. The summed E-state index contributed by atoms with van der Waals surface area (Å²) in [5, 5.41) is 0. The lowest BCUT2D eigenvalue weighted by Crippen LogP contribution is -2.49. The third-order valence-corrected chi connectivity index (χ3v) is 5.90. The van der Waals surface area contributed by atoms with Crippen LogP contribution in [0.4, 0.5) is 0 Å². The van der Waals surface area contributed by atoms with Gasteiger partial charge in [-0.05, 0) is 25.7 Å². The van der Waals surface area contributed by atoms with Gasteiger partial charge in [0.1, 0.15) is 0 Å². The van der Waals surface area contributed by atoms with E-state index >= 15 is 0 Å². The fraction of sp³-hybridized carbons (Fsp3) is 0.909. The maximum atomic E-state index is 12.6. The van der Waals surface area contributed by atoms with Crippen LogP contribution in [0.25, 0.3) is 0 Å². The summed E-state index contributed by atoms with van der Waals surface area (Å²) in [6, 6.07) is 0.0806. The van der Waals surface area contributed by atoms with Gasteiger partial charge < -0.3 is 5.73 Å². The molecule has 0 amide bonds. The van der Waals surface area contributed by atoms with Crippen molar-refractivity contribution >= 4 is 27.4 Å². The van der Waals surface area contributed by atoms with Crippen molar-refractivity contribution in [3.8, 4) is 0 Å². The van der Waals surface area contributed by atoms with Crippen molar-refractivity contribution in [2.45, 2.75) is 44.6 Å². The first-order valence-electron chi connectivity index (χ1n) is 6.57. The molecular formula is C11H21N3O2S2. The monoisotopic (exact) mass is 291 g/mol. The van der Waals surface area contributed by atoms with Gasteiger partial charge in [0.15, 0.2) is 0 Å². The molecule has 0 atom stereocenters. The fourth-order valence-corrected chi connectivity index (χ4v) is 4.94. The highest BCUT2D eigenvalue weighted by atomic mass is 32.2. The molecule has 0 aromatic heterocycles. The van der Waals surface area contributed by atoms with E-state index in [1.54, 1.807) is 4.31 Å². The minimum atomic E-state index is -3.38. The van der Waals surface area contributed by atoms with Crippen LogP contribution in [0.2, 0.25) is 0 Å². The number of hydrogen-bond acceptors (Lipinski definition) is 3. The molecule has 0 spiro atoms. The van der Waals surface area contributed by atoms with Crippen LogP contribution >= 0.6 is 12.2 Å².